The maximum absolute atomic E-state index is 8.52. The van der Waals surface area contributed by atoms with Gasteiger partial charge in [0.2, 0.25) is 0 Å². The summed E-state index contributed by atoms with van der Waals surface area (Å²) >= 11 is 0. The van der Waals surface area contributed by atoms with Gasteiger partial charge in [-0.3, -0.25) is 0 Å². The van der Waals surface area contributed by atoms with E-state index in [0.717, 1.165) is 0 Å². The molecule has 0 fully saturated rings. The number of halogens is 1. The van der Waals surface area contributed by atoms with Gasteiger partial charge in [-0.2, -0.15) is 0 Å². The average molecular weight is 194 g/mol. The molecule has 0 amide bonds. The minimum absolute atomic E-state index is 1.25. The van der Waals surface area contributed by atoms with E-state index in [1.165, 1.54) is 5.34 Å². The van der Waals surface area contributed by atoms with Gasteiger partial charge in [0.15, 0.2) is 5.34 Å². The monoisotopic (exact) mass is 194 g/mol. The normalized spacial score (nSPS) is 6.55. The van der Waals surface area contributed by atoms with Gasteiger partial charge in [0.25, 0.3) is 15.9 Å². The van der Waals surface area contributed by atoms with E-state index < -0.39 is 15.9 Å². The molecular weight excluding hydrogens is 191 g/mol. The molecule has 0 aliphatic carbocycles. The Balaban J connectivity index is -0.0000000886. The summed E-state index contributed by atoms with van der Waals surface area (Å²) in [5, 5.41) is 21.5. The molecule has 0 aliphatic rings. The quantitative estimate of drug-likeness (QED) is 0.205. The molecule has 0 heterocycles. The van der Waals surface area contributed by atoms with Crippen molar-refractivity contribution in [2.24, 2.45) is 5.34 Å². The number of rotatable bonds is 0. The van der Waals surface area contributed by atoms with Crippen molar-refractivity contribution in [3.8, 4) is 0 Å². The molecule has 0 spiro atoms. The van der Waals surface area contributed by atoms with Gasteiger partial charge in [-0.1, -0.05) is 0 Å². The van der Waals surface area contributed by atoms with Crippen LogP contribution in [0.3, 0.4) is 0 Å². The first-order valence-corrected chi connectivity index (χ1v) is 2.38. The molecule has 0 aromatic carbocycles. The van der Waals surface area contributed by atoms with Crippen LogP contribution in [0.15, 0.2) is 5.34 Å². The van der Waals surface area contributed by atoms with Crippen LogP contribution in [0, 0.1) is 25.8 Å². The van der Waals surface area contributed by atoms with Crippen LogP contribution in [0.5, 0.6) is 0 Å². The molecule has 0 unspecified atom stereocenters. The van der Waals surface area contributed by atoms with Gasteiger partial charge >= 0.3 is 0 Å². The Bertz CT molecular complexity index is 83.3. The zero-order chi connectivity index (χ0) is 9.86. The smallest absolute Gasteiger partial charge is 0.291 e. The summed E-state index contributed by atoms with van der Waals surface area (Å²) in [6, 6.07) is 0. The largest absolute Gasteiger partial charge is 0.379 e. The highest BCUT2D eigenvalue weighted by atomic mass is 35.6. The predicted molar refractivity (Wildman–Crippen MR) is 18.6 cm³/mol. The second-order valence-electron chi connectivity index (χ2n) is 0.520. The van der Waals surface area contributed by atoms with E-state index in [0.29, 0.717) is 0 Å². The van der Waals surface area contributed by atoms with Crippen LogP contribution in [0.2, 0.25) is 0 Å². The molecule has 3 N–H and O–H groups in total. The Morgan fingerprint density at radius 3 is 1.45 bits per heavy atom. The maximum atomic E-state index is 8.52. The molecule has 0 rings (SSSR count). The van der Waals surface area contributed by atoms with Crippen molar-refractivity contribution in [3.63, 3.8) is 0 Å². The van der Waals surface area contributed by atoms with Crippen LogP contribution in [0.1, 0.15) is 0 Å². The summed E-state index contributed by atoms with van der Waals surface area (Å²) in [6.45, 7) is 0. The van der Waals surface area contributed by atoms with E-state index >= 15 is 0 Å². The van der Waals surface area contributed by atoms with Crippen molar-refractivity contribution in [3.05, 3.63) is 15.0 Å². The highest BCUT2D eigenvalue weighted by Crippen LogP contribution is 1.38. The zero-order valence-corrected chi connectivity index (χ0v) is 5.41. The van der Waals surface area contributed by atoms with Gasteiger partial charge < -0.3 is 19.7 Å². The molecule has 0 aromatic heterocycles. The Labute approximate surface area is 61.7 Å². The van der Waals surface area contributed by atoms with Crippen LogP contribution in [-0.4, -0.2) is 20.2 Å². The highest BCUT2D eigenvalue weighted by molar-refractivity contribution is 3.84. The minimum atomic E-state index is -2.60. The summed E-state index contributed by atoms with van der Waals surface area (Å²) in [7, 11) is -2.60. The molecule has 0 atom stereocenters. The highest BCUT2D eigenvalue weighted by Gasteiger charge is 1.79. The molecule has 68 valence electrons. The standard InChI is InChI=1S/ClHO3.HNO3.HNO2/c2*2-1(3)4;2-1-3/h2H;(H,2,3,4);(H,2,3). The van der Waals surface area contributed by atoms with Crippen molar-refractivity contribution < 1.29 is 40.3 Å². The van der Waals surface area contributed by atoms with Crippen molar-refractivity contribution in [2.45, 2.75) is 0 Å². The van der Waals surface area contributed by atoms with E-state index in [2.05, 4.69) is 0 Å². The molecule has 0 bridgehead atoms. The van der Waals surface area contributed by atoms with Gasteiger partial charge in [-0.25, -0.2) is 0 Å². The fourth-order valence-electron chi connectivity index (χ4n) is 0. The summed E-state index contributed by atoms with van der Waals surface area (Å²) in [5.41, 5.74) is 0. The molecule has 0 aromatic rings. The van der Waals surface area contributed by atoms with Crippen LogP contribution in [0.4, 0.5) is 0 Å². The second kappa shape index (κ2) is 15.9. The predicted octanol–water partition coefficient (Wildman–Crippen LogP) is -3.14. The first-order chi connectivity index (χ1) is 4.88. The maximum Gasteiger partial charge on any atom is 0.291 e. The first-order valence-electron chi connectivity index (χ1n) is 1.43. The minimum Gasteiger partial charge on any atom is -0.379 e. The zero-order valence-electron chi connectivity index (χ0n) is 4.66. The van der Waals surface area contributed by atoms with Gasteiger partial charge in [0, 0.05) is 4.66 Å². The lowest BCUT2D eigenvalue weighted by atomic mass is 13.1. The molecule has 0 radical (unpaired) electrons. The van der Waals surface area contributed by atoms with Gasteiger partial charge in [-0.15, -0.1) is 15.0 Å². The number of nitrogens with zero attached hydrogens (tertiary/aromatic N) is 2. The van der Waals surface area contributed by atoms with E-state index in [1.807, 2.05) is 0 Å². The summed E-state index contributed by atoms with van der Waals surface area (Å²) < 4.78 is 24.0. The lowest BCUT2D eigenvalue weighted by molar-refractivity contribution is -1.63. The third kappa shape index (κ3) is 266. The van der Waals surface area contributed by atoms with Crippen molar-refractivity contribution in [1.82, 2.24) is 0 Å². The SMILES string of the molecule is O=NO.O=[N+]([O-])O.[O-][Cl+2]([O-])O. The van der Waals surface area contributed by atoms with Crippen molar-refractivity contribution in [1.29, 1.82) is 0 Å². The van der Waals surface area contributed by atoms with E-state index in [4.69, 9.17) is 39.4 Å². The third-order valence-corrected chi connectivity index (χ3v) is 0. The molecule has 10 nitrogen and oxygen atoms in total. The lowest BCUT2D eigenvalue weighted by Crippen LogP contribution is -2.30. The van der Waals surface area contributed by atoms with Crippen LogP contribution in [0.25, 0.3) is 0 Å². The van der Waals surface area contributed by atoms with Gasteiger partial charge in [0.05, 0.1) is 0 Å². The Kier molecular flexibility index (Phi) is 23.7. The Morgan fingerprint density at radius 1 is 1.45 bits per heavy atom. The fraction of sp³-hybridized carbons (Fsp3) is 0. The Morgan fingerprint density at radius 2 is 1.45 bits per heavy atom. The fourth-order valence-corrected chi connectivity index (χ4v) is 0. The second-order valence-corrected chi connectivity index (χ2v) is 0.923. The summed E-state index contributed by atoms with van der Waals surface area (Å²) in [4.78, 5) is 16.5. The molecular formula is H3ClN2O8. The summed E-state index contributed by atoms with van der Waals surface area (Å²) in [5.74, 6) is 0. The first kappa shape index (κ1) is 16.4. The topological polar surface area (TPSA) is 179 Å². The molecule has 0 saturated heterocycles. The average Bonchev–Trinajstić information content (AvgIpc) is 1.60. The number of hydrogen-bond donors (Lipinski definition) is 3. The van der Waals surface area contributed by atoms with Gasteiger partial charge in [0.1, 0.15) is 0 Å². The third-order valence-electron chi connectivity index (χ3n) is 0. The van der Waals surface area contributed by atoms with Crippen LogP contribution >= 0.6 is 0 Å². The molecule has 0 saturated carbocycles. The van der Waals surface area contributed by atoms with Crippen molar-refractivity contribution in [2.75, 3.05) is 0 Å². The van der Waals surface area contributed by atoms with Gasteiger partial charge in [-0.05, 0) is 0 Å². The van der Waals surface area contributed by atoms with Crippen molar-refractivity contribution >= 4 is 0 Å². The van der Waals surface area contributed by atoms with E-state index in [9.17, 15) is 0 Å². The van der Waals surface area contributed by atoms with Crippen LogP contribution < -0.4 is 9.32 Å². The summed E-state index contributed by atoms with van der Waals surface area (Å²) in [6.07, 6.45) is 0. The molecule has 0 aliphatic heterocycles. The molecule has 11 heteroatoms. The Hall–Kier alpha value is -1.23. The molecule has 11 heavy (non-hydrogen) atoms. The van der Waals surface area contributed by atoms with Crippen LogP contribution in [-0.2, 0) is 0 Å². The number of hydrogen-bond acceptors (Lipinski definition) is 7. The van der Waals surface area contributed by atoms with E-state index in [-0.39, 0.29) is 0 Å². The lowest BCUT2D eigenvalue weighted by Gasteiger charge is -1.72. The van der Waals surface area contributed by atoms with E-state index in [1.54, 1.807) is 0 Å².